The molecule has 1 N–H and O–H groups in total. The maximum atomic E-state index is 9.61. The third kappa shape index (κ3) is 3.25. The second kappa shape index (κ2) is 6.04. The van der Waals surface area contributed by atoms with Gasteiger partial charge in [-0.05, 0) is 43.3 Å². The lowest BCUT2D eigenvalue weighted by molar-refractivity contribution is 0.253. The average molecular weight is 277 g/mol. The van der Waals surface area contributed by atoms with E-state index in [1.54, 1.807) is 18.5 Å². The van der Waals surface area contributed by atoms with Gasteiger partial charge in [-0.1, -0.05) is 23.7 Å². The standard InChI is InChI=1S/C15H17ClN2O/c1-11(12-6-8-17-9-7-12)18(2)10-13-4-3-5-14(19)15(13)16/h3-9,11,19H,10H2,1-2H3. The lowest BCUT2D eigenvalue weighted by Crippen LogP contribution is -2.22. The summed E-state index contributed by atoms with van der Waals surface area (Å²) in [5.74, 6) is 0.129. The molecule has 0 amide bonds. The Bertz CT molecular complexity index is 545. The first-order valence-electron chi connectivity index (χ1n) is 6.16. The summed E-state index contributed by atoms with van der Waals surface area (Å²) in [5.41, 5.74) is 2.12. The van der Waals surface area contributed by atoms with Gasteiger partial charge < -0.3 is 5.11 Å². The van der Waals surface area contributed by atoms with Crippen LogP contribution in [0.5, 0.6) is 5.75 Å². The Balaban J connectivity index is 2.13. The molecule has 0 aliphatic carbocycles. The van der Waals surface area contributed by atoms with E-state index in [2.05, 4.69) is 16.8 Å². The number of pyridine rings is 1. The summed E-state index contributed by atoms with van der Waals surface area (Å²) >= 11 is 6.10. The Morgan fingerprint density at radius 2 is 1.95 bits per heavy atom. The van der Waals surface area contributed by atoms with Gasteiger partial charge in [0.25, 0.3) is 0 Å². The molecule has 0 spiro atoms. The molecule has 0 bridgehead atoms. The van der Waals surface area contributed by atoms with Gasteiger partial charge in [0.2, 0.25) is 0 Å². The Labute approximate surface area is 118 Å². The van der Waals surface area contributed by atoms with E-state index < -0.39 is 0 Å². The van der Waals surface area contributed by atoms with E-state index in [9.17, 15) is 5.11 Å². The molecule has 0 fully saturated rings. The molecule has 100 valence electrons. The van der Waals surface area contributed by atoms with Crippen LogP contribution in [0.15, 0.2) is 42.7 Å². The topological polar surface area (TPSA) is 36.4 Å². The van der Waals surface area contributed by atoms with Crippen LogP contribution < -0.4 is 0 Å². The number of benzene rings is 1. The van der Waals surface area contributed by atoms with Crippen molar-refractivity contribution in [1.29, 1.82) is 0 Å². The minimum Gasteiger partial charge on any atom is -0.506 e. The van der Waals surface area contributed by atoms with Gasteiger partial charge >= 0.3 is 0 Å². The number of phenols is 1. The van der Waals surface area contributed by atoms with Crippen LogP contribution in [-0.2, 0) is 6.54 Å². The summed E-state index contributed by atoms with van der Waals surface area (Å²) in [7, 11) is 2.03. The second-order valence-electron chi connectivity index (χ2n) is 4.62. The first kappa shape index (κ1) is 13.8. The molecule has 1 unspecified atom stereocenters. The van der Waals surface area contributed by atoms with Crippen molar-refractivity contribution in [2.75, 3.05) is 7.05 Å². The molecule has 0 saturated heterocycles. The molecular weight excluding hydrogens is 260 g/mol. The maximum Gasteiger partial charge on any atom is 0.134 e. The Kier molecular flexibility index (Phi) is 4.40. The van der Waals surface area contributed by atoms with Gasteiger partial charge in [-0.3, -0.25) is 9.88 Å². The monoisotopic (exact) mass is 276 g/mol. The fourth-order valence-electron chi connectivity index (χ4n) is 1.99. The van der Waals surface area contributed by atoms with Gasteiger partial charge in [-0.15, -0.1) is 0 Å². The zero-order valence-corrected chi connectivity index (χ0v) is 11.8. The van der Waals surface area contributed by atoms with Crippen LogP contribution >= 0.6 is 11.6 Å². The molecule has 4 heteroatoms. The van der Waals surface area contributed by atoms with Crippen molar-refractivity contribution < 1.29 is 5.11 Å². The van der Waals surface area contributed by atoms with E-state index in [-0.39, 0.29) is 11.8 Å². The molecule has 1 atom stereocenters. The van der Waals surface area contributed by atoms with Crippen molar-refractivity contribution >= 4 is 11.6 Å². The molecule has 0 aliphatic heterocycles. The molecule has 2 aromatic rings. The highest BCUT2D eigenvalue weighted by Gasteiger charge is 2.14. The van der Waals surface area contributed by atoms with Crippen molar-refractivity contribution in [3.8, 4) is 5.75 Å². The fraction of sp³-hybridized carbons (Fsp3) is 0.267. The molecule has 1 heterocycles. The third-order valence-corrected chi connectivity index (χ3v) is 3.76. The van der Waals surface area contributed by atoms with Crippen LogP contribution in [0.2, 0.25) is 5.02 Å². The van der Waals surface area contributed by atoms with Gasteiger partial charge in [-0.2, -0.15) is 0 Å². The van der Waals surface area contributed by atoms with E-state index in [1.165, 1.54) is 5.56 Å². The number of aromatic hydroxyl groups is 1. The highest BCUT2D eigenvalue weighted by molar-refractivity contribution is 6.32. The molecule has 0 aliphatic rings. The van der Waals surface area contributed by atoms with Crippen molar-refractivity contribution in [3.05, 3.63) is 58.9 Å². The van der Waals surface area contributed by atoms with Crippen molar-refractivity contribution in [1.82, 2.24) is 9.88 Å². The SMILES string of the molecule is CC(c1ccncc1)N(C)Cc1cccc(O)c1Cl. The zero-order chi connectivity index (χ0) is 13.8. The first-order chi connectivity index (χ1) is 9.09. The minimum atomic E-state index is 0.129. The number of rotatable bonds is 4. The van der Waals surface area contributed by atoms with E-state index in [0.29, 0.717) is 11.6 Å². The Hall–Kier alpha value is -1.58. The number of hydrogen-bond acceptors (Lipinski definition) is 3. The quantitative estimate of drug-likeness (QED) is 0.926. The summed E-state index contributed by atoms with van der Waals surface area (Å²) < 4.78 is 0. The number of phenolic OH excluding ortho intramolecular Hbond substituents is 1. The summed E-state index contributed by atoms with van der Waals surface area (Å²) in [6.45, 7) is 2.81. The highest BCUT2D eigenvalue weighted by atomic mass is 35.5. The molecule has 3 nitrogen and oxygen atoms in total. The van der Waals surface area contributed by atoms with Gasteiger partial charge in [-0.25, -0.2) is 0 Å². The van der Waals surface area contributed by atoms with Gasteiger partial charge in [0.15, 0.2) is 0 Å². The summed E-state index contributed by atoms with van der Waals surface area (Å²) in [5, 5.41) is 10.0. The normalized spacial score (nSPS) is 12.6. The lowest BCUT2D eigenvalue weighted by Gasteiger charge is -2.25. The van der Waals surface area contributed by atoms with Crippen molar-refractivity contribution in [2.45, 2.75) is 19.5 Å². The molecule has 0 saturated carbocycles. The maximum absolute atomic E-state index is 9.61. The zero-order valence-electron chi connectivity index (χ0n) is 11.0. The van der Waals surface area contributed by atoms with E-state index in [0.717, 1.165) is 5.56 Å². The molecular formula is C15H17ClN2O. The van der Waals surface area contributed by atoms with Gasteiger partial charge in [0, 0.05) is 25.0 Å². The highest BCUT2D eigenvalue weighted by Crippen LogP contribution is 2.29. The summed E-state index contributed by atoms with van der Waals surface area (Å²) in [4.78, 5) is 6.20. The van der Waals surface area contributed by atoms with Crippen LogP contribution in [0, 0.1) is 0 Å². The average Bonchev–Trinajstić information content (AvgIpc) is 2.44. The number of hydrogen-bond donors (Lipinski definition) is 1. The largest absolute Gasteiger partial charge is 0.506 e. The fourth-order valence-corrected chi connectivity index (χ4v) is 2.18. The van der Waals surface area contributed by atoms with Crippen LogP contribution in [0.25, 0.3) is 0 Å². The van der Waals surface area contributed by atoms with Crippen LogP contribution in [0.3, 0.4) is 0 Å². The van der Waals surface area contributed by atoms with Gasteiger partial charge in [0.05, 0.1) is 5.02 Å². The van der Waals surface area contributed by atoms with E-state index in [4.69, 9.17) is 11.6 Å². The molecule has 0 radical (unpaired) electrons. The van der Waals surface area contributed by atoms with Crippen LogP contribution in [0.1, 0.15) is 24.1 Å². The number of halogens is 1. The molecule has 1 aromatic heterocycles. The Morgan fingerprint density at radius 3 is 2.63 bits per heavy atom. The molecule has 19 heavy (non-hydrogen) atoms. The summed E-state index contributed by atoms with van der Waals surface area (Å²) in [6, 6.07) is 9.59. The van der Waals surface area contributed by atoms with E-state index in [1.807, 2.05) is 31.3 Å². The summed E-state index contributed by atoms with van der Waals surface area (Å²) in [6.07, 6.45) is 3.59. The Morgan fingerprint density at radius 1 is 1.26 bits per heavy atom. The van der Waals surface area contributed by atoms with Crippen LogP contribution in [0.4, 0.5) is 0 Å². The minimum absolute atomic E-state index is 0.129. The predicted octanol–water partition coefficient (Wildman–Crippen LogP) is 3.63. The second-order valence-corrected chi connectivity index (χ2v) is 5.00. The predicted molar refractivity (Wildman–Crippen MR) is 77.2 cm³/mol. The number of nitrogens with zero attached hydrogens (tertiary/aromatic N) is 2. The third-order valence-electron chi connectivity index (χ3n) is 3.33. The van der Waals surface area contributed by atoms with E-state index >= 15 is 0 Å². The smallest absolute Gasteiger partial charge is 0.134 e. The molecule has 1 aromatic carbocycles. The van der Waals surface area contributed by atoms with Crippen LogP contribution in [-0.4, -0.2) is 22.0 Å². The first-order valence-corrected chi connectivity index (χ1v) is 6.54. The van der Waals surface area contributed by atoms with Gasteiger partial charge in [0.1, 0.15) is 5.75 Å². The van der Waals surface area contributed by atoms with Crippen molar-refractivity contribution in [3.63, 3.8) is 0 Å². The lowest BCUT2D eigenvalue weighted by atomic mass is 10.1. The molecule has 2 rings (SSSR count). The number of aromatic nitrogens is 1. The van der Waals surface area contributed by atoms with Crippen molar-refractivity contribution in [2.24, 2.45) is 0 Å².